The number of anilines is 1. The molecule has 0 aliphatic carbocycles. The molecule has 3 aromatic carbocycles. The minimum Gasteiger partial charge on any atom is -0.350 e. The molecule has 1 aliphatic heterocycles. The van der Waals surface area contributed by atoms with E-state index in [1.807, 2.05) is 62.4 Å². The van der Waals surface area contributed by atoms with Gasteiger partial charge in [-0.2, -0.15) is 0 Å². The molecule has 0 saturated heterocycles. The van der Waals surface area contributed by atoms with Crippen molar-refractivity contribution in [2.75, 3.05) is 11.9 Å². The Hall–Kier alpha value is -3.73. The number of hydrogen-bond acceptors (Lipinski definition) is 3. The lowest BCUT2D eigenvalue weighted by atomic mass is 10.0. The van der Waals surface area contributed by atoms with E-state index < -0.39 is 0 Å². The van der Waals surface area contributed by atoms with Gasteiger partial charge in [-0.3, -0.25) is 14.5 Å². The molecule has 0 fully saturated rings. The lowest BCUT2D eigenvalue weighted by Gasteiger charge is -2.16. The van der Waals surface area contributed by atoms with Gasteiger partial charge in [-0.1, -0.05) is 54.6 Å². The maximum absolute atomic E-state index is 13.3. The van der Waals surface area contributed by atoms with Gasteiger partial charge in [0.15, 0.2) is 0 Å². The first-order chi connectivity index (χ1) is 15.0. The maximum atomic E-state index is 13.3. The third-order valence-electron chi connectivity index (χ3n) is 5.63. The van der Waals surface area contributed by atoms with Gasteiger partial charge >= 0.3 is 0 Å². The summed E-state index contributed by atoms with van der Waals surface area (Å²) in [5.41, 5.74) is 5.11. The van der Waals surface area contributed by atoms with Crippen molar-refractivity contribution in [3.8, 4) is 0 Å². The Balaban J connectivity index is 1.67. The molecule has 4 rings (SSSR count). The van der Waals surface area contributed by atoms with E-state index in [1.54, 1.807) is 12.1 Å². The Morgan fingerprint density at radius 1 is 0.839 bits per heavy atom. The molecule has 0 radical (unpaired) electrons. The van der Waals surface area contributed by atoms with E-state index in [9.17, 15) is 14.0 Å². The number of rotatable bonds is 6. The fourth-order valence-electron chi connectivity index (χ4n) is 3.68. The highest BCUT2D eigenvalue weighted by atomic mass is 19.1. The average molecular weight is 414 g/mol. The maximum Gasteiger partial charge on any atom is 0.278 e. The second kappa shape index (κ2) is 8.56. The summed E-state index contributed by atoms with van der Waals surface area (Å²) in [6.45, 7) is 4.20. The summed E-state index contributed by atoms with van der Waals surface area (Å²) < 4.78 is 13.2. The summed E-state index contributed by atoms with van der Waals surface area (Å²) in [5, 5.41) is 3.23. The molecule has 31 heavy (non-hydrogen) atoms. The van der Waals surface area contributed by atoms with Crippen molar-refractivity contribution in [2.45, 2.75) is 20.3 Å². The van der Waals surface area contributed by atoms with Crippen molar-refractivity contribution < 1.29 is 14.0 Å². The van der Waals surface area contributed by atoms with Crippen LogP contribution in [0.15, 0.2) is 78.5 Å². The first-order valence-corrected chi connectivity index (χ1v) is 10.2. The van der Waals surface area contributed by atoms with E-state index in [0.717, 1.165) is 22.4 Å². The standard InChI is InChI=1S/C26H23FN2O2/c1-17-7-6-10-22(18(17)2)28-24-23(20-8-4-3-5-9-20)25(30)29(26(24)31)16-15-19-11-13-21(27)14-12-19/h3-14,28H,15-16H2,1-2H3. The van der Waals surface area contributed by atoms with E-state index >= 15 is 0 Å². The van der Waals surface area contributed by atoms with Crippen LogP contribution < -0.4 is 5.32 Å². The van der Waals surface area contributed by atoms with Crippen molar-refractivity contribution in [1.29, 1.82) is 0 Å². The predicted octanol–water partition coefficient (Wildman–Crippen LogP) is 4.88. The van der Waals surface area contributed by atoms with Gasteiger partial charge in [0, 0.05) is 12.2 Å². The summed E-state index contributed by atoms with van der Waals surface area (Å²) >= 11 is 0. The topological polar surface area (TPSA) is 49.4 Å². The zero-order valence-electron chi connectivity index (χ0n) is 17.5. The van der Waals surface area contributed by atoms with E-state index in [2.05, 4.69) is 5.32 Å². The first kappa shape index (κ1) is 20.5. The van der Waals surface area contributed by atoms with Gasteiger partial charge in [0.1, 0.15) is 11.5 Å². The number of nitrogens with one attached hydrogen (secondary N) is 1. The number of amides is 2. The third kappa shape index (κ3) is 4.12. The molecule has 3 aromatic rings. The summed E-state index contributed by atoms with van der Waals surface area (Å²) in [5.74, 6) is -0.997. The zero-order valence-corrected chi connectivity index (χ0v) is 17.5. The van der Waals surface area contributed by atoms with Gasteiger partial charge in [0.2, 0.25) is 0 Å². The average Bonchev–Trinajstić information content (AvgIpc) is 3.01. The van der Waals surface area contributed by atoms with Crippen LogP contribution in [0, 0.1) is 19.7 Å². The number of halogens is 1. The summed E-state index contributed by atoms with van der Waals surface area (Å²) in [6.07, 6.45) is 0.455. The molecular formula is C26H23FN2O2. The van der Waals surface area contributed by atoms with Crippen LogP contribution in [0.2, 0.25) is 0 Å². The lowest BCUT2D eigenvalue weighted by molar-refractivity contribution is -0.136. The lowest BCUT2D eigenvalue weighted by Crippen LogP contribution is -2.34. The minimum absolute atomic E-state index is 0.220. The number of hydrogen-bond donors (Lipinski definition) is 1. The van der Waals surface area contributed by atoms with Crippen LogP contribution >= 0.6 is 0 Å². The van der Waals surface area contributed by atoms with Crippen molar-refractivity contribution >= 4 is 23.1 Å². The van der Waals surface area contributed by atoms with Gasteiger partial charge in [0.25, 0.3) is 11.8 Å². The van der Waals surface area contributed by atoms with E-state index in [-0.39, 0.29) is 29.9 Å². The van der Waals surface area contributed by atoms with Gasteiger partial charge in [-0.25, -0.2) is 4.39 Å². The van der Waals surface area contributed by atoms with Crippen LogP contribution in [0.25, 0.3) is 5.57 Å². The Bertz CT molecular complexity index is 1170. The van der Waals surface area contributed by atoms with Crippen molar-refractivity contribution in [1.82, 2.24) is 4.90 Å². The normalized spacial score (nSPS) is 13.8. The van der Waals surface area contributed by atoms with Gasteiger partial charge in [-0.05, 0) is 60.7 Å². The van der Waals surface area contributed by atoms with Crippen molar-refractivity contribution in [2.24, 2.45) is 0 Å². The monoisotopic (exact) mass is 414 g/mol. The second-order valence-corrected chi connectivity index (χ2v) is 7.63. The van der Waals surface area contributed by atoms with Gasteiger partial charge in [0.05, 0.1) is 5.57 Å². The number of carbonyl (C=O) groups excluding carboxylic acids is 2. The highest BCUT2D eigenvalue weighted by Crippen LogP contribution is 2.31. The fourth-order valence-corrected chi connectivity index (χ4v) is 3.68. The van der Waals surface area contributed by atoms with Crippen LogP contribution in [-0.2, 0) is 16.0 Å². The smallest absolute Gasteiger partial charge is 0.278 e. The molecule has 0 atom stereocenters. The number of carbonyl (C=O) groups is 2. The second-order valence-electron chi connectivity index (χ2n) is 7.63. The molecule has 1 N–H and O–H groups in total. The Morgan fingerprint density at radius 2 is 1.55 bits per heavy atom. The molecule has 156 valence electrons. The van der Waals surface area contributed by atoms with Crippen LogP contribution in [0.4, 0.5) is 10.1 Å². The predicted molar refractivity (Wildman–Crippen MR) is 120 cm³/mol. The quantitative estimate of drug-likeness (QED) is 0.585. The third-order valence-corrected chi connectivity index (χ3v) is 5.63. The van der Waals surface area contributed by atoms with Crippen LogP contribution in [-0.4, -0.2) is 23.3 Å². The molecule has 1 heterocycles. The first-order valence-electron chi connectivity index (χ1n) is 10.2. The SMILES string of the molecule is Cc1cccc(NC2=C(c3ccccc3)C(=O)N(CCc3ccc(F)cc3)C2=O)c1C. The van der Waals surface area contributed by atoms with Crippen molar-refractivity contribution in [3.05, 3.63) is 107 Å². The molecule has 0 spiro atoms. The molecule has 2 amide bonds. The summed E-state index contributed by atoms with van der Waals surface area (Å²) in [7, 11) is 0. The van der Waals surface area contributed by atoms with Crippen LogP contribution in [0.5, 0.6) is 0 Å². The number of aryl methyl sites for hydroxylation is 1. The van der Waals surface area contributed by atoms with E-state index in [0.29, 0.717) is 17.6 Å². The molecule has 0 saturated carbocycles. The minimum atomic E-state index is -0.355. The van der Waals surface area contributed by atoms with E-state index in [1.165, 1.54) is 17.0 Å². The Kier molecular flexibility index (Phi) is 5.67. The fraction of sp³-hybridized carbons (Fsp3) is 0.154. The molecule has 1 aliphatic rings. The Labute approximate surface area is 181 Å². The van der Waals surface area contributed by atoms with Crippen LogP contribution in [0.1, 0.15) is 22.3 Å². The highest BCUT2D eigenvalue weighted by Gasteiger charge is 2.39. The number of imide groups is 1. The molecule has 4 nitrogen and oxygen atoms in total. The molecule has 5 heteroatoms. The largest absolute Gasteiger partial charge is 0.350 e. The van der Waals surface area contributed by atoms with Crippen molar-refractivity contribution in [3.63, 3.8) is 0 Å². The number of nitrogens with zero attached hydrogens (tertiary/aromatic N) is 1. The van der Waals surface area contributed by atoms with E-state index in [4.69, 9.17) is 0 Å². The number of benzene rings is 3. The Morgan fingerprint density at radius 3 is 2.26 bits per heavy atom. The van der Waals surface area contributed by atoms with Crippen LogP contribution in [0.3, 0.4) is 0 Å². The molecular weight excluding hydrogens is 391 g/mol. The molecule has 0 bridgehead atoms. The van der Waals surface area contributed by atoms with Gasteiger partial charge in [-0.15, -0.1) is 0 Å². The molecule has 0 unspecified atom stereocenters. The summed E-state index contributed by atoms with van der Waals surface area (Å²) in [6, 6.07) is 21.1. The zero-order chi connectivity index (χ0) is 22.0. The highest BCUT2D eigenvalue weighted by molar-refractivity contribution is 6.36. The summed E-state index contributed by atoms with van der Waals surface area (Å²) in [4.78, 5) is 27.9. The molecule has 0 aromatic heterocycles. The van der Waals surface area contributed by atoms with Gasteiger partial charge < -0.3 is 5.32 Å².